The van der Waals surface area contributed by atoms with Crippen molar-refractivity contribution in [2.75, 3.05) is 17.3 Å². The zero-order valence-corrected chi connectivity index (χ0v) is 15.6. The molecule has 7 heteroatoms. The first-order valence-electron chi connectivity index (χ1n) is 9.10. The predicted octanol–water partition coefficient (Wildman–Crippen LogP) is 3.66. The summed E-state index contributed by atoms with van der Waals surface area (Å²) in [6.45, 7) is 0. The van der Waals surface area contributed by atoms with Crippen LogP contribution >= 0.6 is 11.8 Å². The zero-order chi connectivity index (χ0) is 17.5. The van der Waals surface area contributed by atoms with Gasteiger partial charge in [-0.3, -0.25) is 15.2 Å². The minimum absolute atomic E-state index is 0.0633. The van der Waals surface area contributed by atoms with Gasteiger partial charge in [-0.25, -0.2) is 0 Å². The molecule has 1 aliphatic carbocycles. The van der Waals surface area contributed by atoms with Gasteiger partial charge in [0.05, 0.1) is 0 Å². The molecule has 2 heterocycles. The molecule has 0 aliphatic heterocycles. The molecule has 2 aromatic rings. The number of hydrogen-bond donors (Lipinski definition) is 2. The summed E-state index contributed by atoms with van der Waals surface area (Å²) in [6.07, 6.45) is 14.1. The van der Waals surface area contributed by atoms with Crippen molar-refractivity contribution < 1.29 is 4.79 Å². The fourth-order valence-corrected chi connectivity index (χ4v) is 3.96. The van der Waals surface area contributed by atoms with Crippen LogP contribution in [-0.4, -0.2) is 37.7 Å². The standard InChI is InChI=1S/C18H27N5OS/c1-25-13-10-15(23-11-4-5-12-23)17(24)20-18-19-16(21-22-18)9-8-14-6-2-3-7-14/h4-5,11-12,14-15H,2-3,6-10,13H2,1H3,(H2,19,20,21,22,24)/t15-/m0/s1. The number of rotatable bonds is 9. The molecule has 1 atom stereocenters. The molecule has 1 saturated carbocycles. The molecule has 1 fully saturated rings. The predicted molar refractivity (Wildman–Crippen MR) is 102 cm³/mol. The number of aromatic nitrogens is 4. The number of carbonyl (C=O) groups excluding carboxylic acids is 1. The van der Waals surface area contributed by atoms with Crippen molar-refractivity contribution in [2.45, 2.75) is 51.0 Å². The lowest BCUT2D eigenvalue weighted by atomic mass is 10.0. The van der Waals surface area contributed by atoms with Crippen LogP contribution in [0.15, 0.2) is 24.5 Å². The third-order valence-electron chi connectivity index (χ3n) is 4.92. The first kappa shape index (κ1) is 18.0. The summed E-state index contributed by atoms with van der Waals surface area (Å²) in [5.41, 5.74) is 0. The molecule has 2 N–H and O–H groups in total. The van der Waals surface area contributed by atoms with Crippen molar-refractivity contribution in [1.29, 1.82) is 0 Å². The number of aryl methyl sites for hydroxylation is 1. The SMILES string of the molecule is CSCC[C@@H](C(=O)Nc1n[nH]c(CCC2CCCC2)n1)n1cccc1. The Kier molecular flexibility index (Phi) is 6.55. The second kappa shape index (κ2) is 9.08. The highest BCUT2D eigenvalue weighted by molar-refractivity contribution is 7.98. The first-order valence-corrected chi connectivity index (χ1v) is 10.5. The molecule has 1 amide bonds. The molecule has 0 unspecified atom stereocenters. The molecule has 25 heavy (non-hydrogen) atoms. The van der Waals surface area contributed by atoms with Gasteiger partial charge in [0.2, 0.25) is 11.9 Å². The number of hydrogen-bond acceptors (Lipinski definition) is 4. The van der Waals surface area contributed by atoms with E-state index < -0.39 is 0 Å². The second-order valence-electron chi connectivity index (χ2n) is 6.71. The molecular formula is C18H27N5OS. The Morgan fingerprint density at radius 3 is 2.88 bits per heavy atom. The third-order valence-corrected chi connectivity index (χ3v) is 5.56. The maximum Gasteiger partial charge on any atom is 0.249 e. The molecular weight excluding hydrogens is 334 g/mol. The summed E-state index contributed by atoms with van der Waals surface area (Å²) < 4.78 is 1.94. The Bertz CT molecular complexity index is 648. The van der Waals surface area contributed by atoms with Crippen LogP contribution in [0.3, 0.4) is 0 Å². The van der Waals surface area contributed by atoms with Crippen LogP contribution in [-0.2, 0) is 11.2 Å². The van der Waals surface area contributed by atoms with Crippen LogP contribution in [0.5, 0.6) is 0 Å². The van der Waals surface area contributed by atoms with E-state index >= 15 is 0 Å². The van der Waals surface area contributed by atoms with Gasteiger partial charge in [-0.05, 0) is 42.9 Å². The van der Waals surface area contributed by atoms with Crippen molar-refractivity contribution in [3.8, 4) is 0 Å². The van der Waals surface area contributed by atoms with Gasteiger partial charge >= 0.3 is 0 Å². The van der Waals surface area contributed by atoms with Crippen molar-refractivity contribution in [3.05, 3.63) is 30.4 Å². The van der Waals surface area contributed by atoms with Gasteiger partial charge in [0.25, 0.3) is 0 Å². The van der Waals surface area contributed by atoms with E-state index in [4.69, 9.17) is 0 Å². The van der Waals surface area contributed by atoms with Crippen LogP contribution in [0.1, 0.15) is 50.4 Å². The topological polar surface area (TPSA) is 75.6 Å². The number of amides is 1. The Morgan fingerprint density at radius 2 is 2.16 bits per heavy atom. The average molecular weight is 362 g/mol. The molecule has 1 aliphatic rings. The van der Waals surface area contributed by atoms with Gasteiger partial charge in [0.15, 0.2) is 0 Å². The molecule has 0 radical (unpaired) electrons. The Hall–Kier alpha value is -1.76. The lowest BCUT2D eigenvalue weighted by Gasteiger charge is -2.17. The van der Waals surface area contributed by atoms with Crippen LogP contribution in [0.4, 0.5) is 5.95 Å². The third kappa shape index (κ3) is 5.11. The van der Waals surface area contributed by atoms with Gasteiger partial charge in [-0.2, -0.15) is 16.7 Å². The van der Waals surface area contributed by atoms with Gasteiger partial charge in [0.1, 0.15) is 11.9 Å². The lowest BCUT2D eigenvalue weighted by Crippen LogP contribution is -2.26. The van der Waals surface area contributed by atoms with E-state index in [9.17, 15) is 4.79 Å². The van der Waals surface area contributed by atoms with Crippen LogP contribution in [0.2, 0.25) is 0 Å². The van der Waals surface area contributed by atoms with E-state index in [2.05, 4.69) is 26.8 Å². The molecule has 0 saturated heterocycles. The van der Waals surface area contributed by atoms with E-state index in [1.807, 2.05) is 29.1 Å². The van der Waals surface area contributed by atoms with E-state index in [0.29, 0.717) is 5.95 Å². The van der Waals surface area contributed by atoms with Crippen LogP contribution < -0.4 is 5.32 Å². The summed E-state index contributed by atoms with van der Waals surface area (Å²) in [6, 6.07) is 3.64. The number of H-pyrrole nitrogens is 1. The fourth-order valence-electron chi connectivity index (χ4n) is 3.50. The minimum atomic E-state index is -0.233. The second-order valence-corrected chi connectivity index (χ2v) is 7.70. The van der Waals surface area contributed by atoms with Crippen molar-refractivity contribution in [2.24, 2.45) is 5.92 Å². The number of carbonyl (C=O) groups is 1. The van der Waals surface area contributed by atoms with Crippen molar-refractivity contribution in [3.63, 3.8) is 0 Å². The highest BCUT2D eigenvalue weighted by Gasteiger charge is 2.21. The van der Waals surface area contributed by atoms with Crippen molar-refractivity contribution >= 4 is 23.6 Å². The Labute approximate surface area is 153 Å². The molecule has 6 nitrogen and oxygen atoms in total. The molecule has 0 bridgehead atoms. The van der Waals surface area contributed by atoms with E-state index in [-0.39, 0.29) is 11.9 Å². The lowest BCUT2D eigenvalue weighted by molar-refractivity contribution is -0.119. The monoisotopic (exact) mass is 361 g/mol. The van der Waals surface area contributed by atoms with Gasteiger partial charge in [-0.1, -0.05) is 25.7 Å². The number of nitrogens with zero attached hydrogens (tertiary/aromatic N) is 3. The minimum Gasteiger partial charge on any atom is -0.342 e. The summed E-state index contributed by atoms with van der Waals surface area (Å²) in [4.78, 5) is 17.1. The largest absolute Gasteiger partial charge is 0.342 e. The molecule has 136 valence electrons. The summed E-state index contributed by atoms with van der Waals surface area (Å²) >= 11 is 1.74. The van der Waals surface area contributed by atoms with Gasteiger partial charge in [-0.15, -0.1) is 5.10 Å². The summed E-state index contributed by atoms with van der Waals surface area (Å²) in [7, 11) is 0. The number of thioether (sulfide) groups is 1. The molecule has 2 aromatic heterocycles. The zero-order valence-electron chi connectivity index (χ0n) is 14.8. The normalized spacial score (nSPS) is 16.2. The Morgan fingerprint density at radius 1 is 1.40 bits per heavy atom. The summed E-state index contributed by atoms with van der Waals surface area (Å²) in [5, 5.41) is 9.99. The van der Waals surface area contributed by atoms with E-state index in [0.717, 1.165) is 36.8 Å². The van der Waals surface area contributed by atoms with E-state index in [1.54, 1.807) is 11.8 Å². The number of aromatic amines is 1. The van der Waals surface area contributed by atoms with Crippen LogP contribution in [0.25, 0.3) is 0 Å². The fraction of sp³-hybridized carbons (Fsp3) is 0.611. The average Bonchev–Trinajstić information content (AvgIpc) is 3.36. The Balaban J connectivity index is 1.55. The summed E-state index contributed by atoms with van der Waals surface area (Å²) in [5.74, 6) is 2.94. The van der Waals surface area contributed by atoms with Gasteiger partial charge in [0, 0.05) is 18.8 Å². The maximum absolute atomic E-state index is 12.7. The number of anilines is 1. The van der Waals surface area contributed by atoms with Gasteiger partial charge < -0.3 is 4.57 Å². The van der Waals surface area contributed by atoms with E-state index in [1.165, 1.54) is 25.7 Å². The number of nitrogens with one attached hydrogen (secondary N) is 2. The highest BCUT2D eigenvalue weighted by atomic mass is 32.2. The quantitative estimate of drug-likeness (QED) is 0.715. The molecule has 3 rings (SSSR count). The first-order chi connectivity index (χ1) is 12.3. The highest BCUT2D eigenvalue weighted by Crippen LogP contribution is 2.28. The molecule has 0 aromatic carbocycles. The maximum atomic E-state index is 12.7. The van der Waals surface area contributed by atoms with Crippen molar-refractivity contribution in [1.82, 2.24) is 19.7 Å². The molecule has 0 spiro atoms. The smallest absolute Gasteiger partial charge is 0.249 e. The van der Waals surface area contributed by atoms with Crippen LogP contribution in [0, 0.1) is 5.92 Å².